The van der Waals surface area contributed by atoms with Crippen LogP contribution in [0, 0.1) is 13.8 Å². The van der Waals surface area contributed by atoms with Gasteiger partial charge in [-0.05, 0) is 39.3 Å². The average molecular weight is 306 g/mol. The lowest BCUT2D eigenvalue weighted by Gasteiger charge is -2.16. The van der Waals surface area contributed by atoms with Gasteiger partial charge in [0.25, 0.3) is 0 Å². The van der Waals surface area contributed by atoms with E-state index < -0.39 is 0 Å². The summed E-state index contributed by atoms with van der Waals surface area (Å²) in [5.74, 6) is 0. The van der Waals surface area contributed by atoms with Crippen LogP contribution in [0.15, 0.2) is 24.3 Å². The molecular weight excluding hydrogens is 282 g/mol. The molecule has 0 fully saturated rings. The van der Waals surface area contributed by atoms with Gasteiger partial charge in [0.1, 0.15) is 0 Å². The summed E-state index contributed by atoms with van der Waals surface area (Å²) in [7, 11) is 3.97. The first-order valence-electron chi connectivity index (χ1n) is 7.42. The van der Waals surface area contributed by atoms with Gasteiger partial charge in [-0.15, -0.1) is 0 Å². The molecule has 1 heterocycles. The normalized spacial score (nSPS) is 12.6. The van der Waals surface area contributed by atoms with Crippen LogP contribution in [0.5, 0.6) is 0 Å². The lowest BCUT2D eigenvalue weighted by Crippen LogP contribution is -2.29. The number of likely N-dealkylation sites (N-methyl/N-ethyl adjacent to an activating group) is 1. The standard InChI is InChI=1S/C17H24ClN3/c1-12-6-5-7-14(10-12)8-9-15(19-3)11-16-17(18)13(2)20-21(16)4/h5-7,10,15,19H,8-9,11H2,1-4H3. The summed E-state index contributed by atoms with van der Waals surface area (Å²) in [4.78, 5) is 0. The number of hydrogen-bond acceptors (Lipinski definition) is 2. The smallest absolute Gasteiger partial charge is 0.0847 e. The molecule has 1 unspecified atom stereocenters. The molecule has 0 radical (unpaired) electrons. The molecule has 0 saturated heterocycles. The molecule has 1 aromatic carbocycles. The lowest BCUT2D eigenvalue weighted by atomic mass is 10.0. The van der Waals surface area contributed by atoms with E-state index in [2.05, 4.69) is 41.6 Å². The second-order valence-corrected chi connectivity index (χ2v) is 6.07. The summed E-state index contributed by atoms with van der Waals surface area (Å²) in [6, 6.07) is 9.12. The number of rotatable bonds is 6. The summed E-state index contributed by atoms with van der Waals surface area (Å²) in [5.41, 5.74) is 4.72. The summed E-state index contributed by atoms with van der Waals surface area (Å²) in [5, 5.41) is 8.58. The minimum absolute atomic E-state index is 0.401. The fraction of sp³-hybridized carbons (Fsp3) is 0.471. The number of halogens is 1. The van der Waals surface area contributed by atoms with Crippen LogP contribution in [0.4, 0.5) is 0 Å². The van der Waals surface area contributed by atoms with Crippen LogP contribution in [-0.4, -0.2) is 22.9 Å². The Morgan fingerprint density at radius 2 is 2.10 bits per heavy atom. The highest BCUT2D eigenvalue weighted by atomic mass is 35.5. The van der Waals surface area contributed by atoms with Gasteiger partial charge in [0, 0.05) is 19.5 Å². The molecule has 1 atom stereocenters. The monoisotopic (exact) mass is 305 g/mol. The molecule has 2 rings (SSSR count). The van der Waals surface area contributed by atoms with Gasteiger partial charge in [-0.1, -0.05) is 41.4 Å². The van der Waals surface area contributed by atoms with Crippen molar-refractivity contribution in [2.75, 3.05) is 7.05 Å². The van der Waals surface area contributed by atoms with E-state index in [1.807, 2.05) is 25.7 Å². The molecule has 1 N–H and O–H groups in total. The van der Waals surface area contributed by atoms with Gasteiger partial charge in [0.2, 0.25) is 0 Å². The van der Waals surface area contributed by atoms with E-state index in [1.54, 1.807) is 0 Å². The summed E-state index contributed by atoms with van der Waals surface area (Å²) in [6.07, 6.45) is 3.06. The van der Waals surface area contributed by atoms with Crippen molar-refractivity contribution in [2.24, 2.45) is 7.05 Å². The third kappa shape index (κ3) is 4.08. The Labute approximate surface area is 132 Å². The van der Waals surface area contributed by atoms with Gasteiger partial charge in [0.05, 0.1) is 16.4 Å². The van der Waals surface area contributed by atoms with Crippen LogP contribution in [0.1, 0.15) is 28.9 Å². The van der Waals surface area contributed by atoms with Crippen LogP contribution in [0.3, 0.4) is 0 Å². The Bertz CT molecular complexity index is 604. The third-order valence-electron chi connectivity index (χ3n) is 3.97. The molecule has 0 spiro atoms. The Balaban J connectivity index is 2.00. The molecule has 3 nitrogen and oxygen atoms in total. The van der Waals surface area contributed by atoms with E-state index >= 15 is 0 Å². The quantitative estimate of drug-likeness (QED) is 0.886. The van der Waals surface area contributed by atoms with Crippen molar-refractivity contribution >= 4 is 11.6 Å². The minimum atomic E-state index is 0.401. The molecule has 0 aliphatic rings. The Hall–Kier alpha value is -1.32. The van der Waals surface area contributed by atoms with Crippen molar-refractivity contribution in [3.05, 3.63) is 51.8 Å². The van der Waals surface area contributed by atoms with Gasteiger partial charge in [-0.3, -0.25) is 4.68 Å². The number of hydrogen-bond donors (Lipinski definition) is 1. The number of aromatic nitrogens is 2. The highest BCUT2D eigenvalue weighted by molar-refractivity contribution is 6.31. The molecule has 0 aliphatic carbocycles. The second kappa shape index (κ2) is 7.10. The molecule has 21 heavy (non-hydrogen) atoms. The molecule has 0 aliphatic heterocycles. The van der Waals surface area contributed by atoms with Crippen LogP contribution in [-0.2, 0) is 19.9 Å². The van der Waals surface area contributed by atoms with Gasteiger partial charge >= 0.3 is 0 Å². The molecule has 114 valence electrons. The zero-order valence-corrected chi connectivity index (χ0v) is 14.0. The lowest BCUT2D eigenvalue weighted by molar-refractivity contribution is 0.503. The molecule has 0 bridgehead atoms. The average Bonchev–Trinajstić information content (AvgIpc) is 2.69. The van der Waals surface area contributed by atoms with E-state index in [1.165, 1.54) is 11.1 Å². The number of nitrogens with one attached hydrogen (secondary N) is 1. The van der Waals surface area contributed by atoms with Crippen LogP contribution in [0.2, 0.25) is 5.02 Å². The van der Waals surface area contributed by atoms with E-state index in [9.17, 15) is 0 Å². The number of benzene rings is 1. The van der Waals surface area contributed by atoms with E-state index in [0.717, 1.165) is 35.7 Å². The summed E-state index contributed by atoms with van der Waals surface area (Å²) in [6.45, 7) is 4.09. The SMILES string of the molecule is CNC(CCc1cccc(C)c1)Cc1c(Cl)c(C)nn1C. The first-order valence-corrected chi connectivity index (χ1v) is 7.80. The molecule has 0 saturated carbocycles. The van der Waals surface area contributed by atoms with Gasteiger partial charge in [-0.2, -0.15) is 5.10 Å². The minimum Gasteiger partial charge on any atom is -0.317 e. The van der Waals surface area contributed by atoms with Gasteiger partial charge in [0.15, 0.2) is 0 Å². The topological polar surface area (TPSA) is 29.9 Å². The van der Waals surface area contributed by atoms with E-state index in [4.69, 9.17) is 11.6 Å². The highest BCUT2D eigenvalue weighted by Gasteiger charge is 2.16. The first-order chi connectivity index (χ1) is 10.0. The predicted molar refractivity (Wildman–Crippen MR) is 89.0 cm³/mol. The summed E-state index contributed by atoms with van der Waals surface area (Å²) < 4.78 is 1.90. The van der Waals surface area contributed by atoms with E-state index in [-0.39, 0.29) is 0 Å². The van der Waals surface area contributed by atoms with Crippen LogP contribution >= 0.6 is 11.6 Å². The maximum atomic E-state index is 6.34. The molecule has 1 aromatic heterocycles. The fourth-order valence-electron chi connectivity index (χ4n) is 2.69. The van der Waals surface area contributed by atoms with Crippen molar-refractivity contribution in [1.82, 2.24) is 15.1 Å². The Morgan fingerprint density at radius 3 is 2.67 bits per heavy atom. The van der Waals surface area contributed by atoms with Crippen molar-refractivity contribution < 1.29 is 0 Å². The maximum absolute atomic E-state index is 6.34. The van der Waals surface area contributed by atoms with Crippen molar-refractivity contribution in [3.8, 4) is 0 Å². The fourth-order valence-corrected chi connectivity index (χ4v) is 2.93. The van der Waals surface area contributed by atoms with Crippen molar-refractivity contribution in [3.63, 3.8) is 0 Å². The molecule has 0 amide bonds. The van der Waals surface area contributed by atoms with Crippen molar-refractivity contribution in [1.29, 1.82) is 0 Å². The van der Waals surface area contributed by atoms with E-state index in [0.29, 0.717) is 6.04 Å². The summed E-state index contributed by atoms with van der Waals surface area (Å²) >= 11 is 6.34. The molecular formula is C17H24ClN3. The van der Waals surface area contributed by atoms with Gasteiger partial charge < -0.3 is 5.32 Å². The van der Waals surface area contributed by atoms with Crippen molar-refractivity contribution in [2.45, 2.75) is 39.2 Å². The Morgan fingerprint density at radius 1 is 1.33 bits per heavy atom. The third-order valence-corrected chi connectivity index (χ3v) is 4.47. The predicted octanol–water partition coefficient (Wildman–Crippen LogP) is 3.45. The highest BCUT2D eigenvalue weighted by Crippen LogP contribution is 2.21. The zero-order chi connectivity index (χ0) is 15.4. The second-order valence-electron chi connectivity index (χ2n) is 5.69. The zero-order valence-electron chi connectivity index (χ0n) is 13.3. The first kappa shape index (κ1) is 16.1. The van der Waals surface area contributed by atoms with Crippen LogP contribution < -0.4 is 5.32 Å². The number of nitrogens with zero attached hydrogens (tertiary/aromatic N) is 2. The number of aryl methyl sites for hydroxylation is 4. The molecule has 4 heteroatoms. The maximum Gasteiger partial charge on any atom is 0.0847 e. The van der Waals surface area contributed by atoms with Crippen LogP contribution in [0.25, 0.3) is 0 Å². The Kier molecular flexibility index (Phi) is 5.43. The van der Waals surface area contributed by atoms with Gasteiger partial charge in [-0.25, -0.2) is 0 Å². The largest absolute Gasteiger partial charge is 0.317 e. The molecule has 2 aromatic rings.